The summed E-state index contributed by atoms with van der Waals surface area (Å²) in [6, 6.07) is 11.6. The van der Waals surface area contributed by atoms with Crippen molar-refractivity contribution in [1.29, 1.82) is 0 Å². The zero-order valence-electron chi connectivity index (χ0n) is 26.2. The predicted octanol–water partition coefficient (Wildman–Crippen LogP) is 9.90. The van der Waals surface area contributed by atoms with Crippen LogP contribution in [0.4, 0.5) is 0 Å². The number of benzene rings is 1. The lowest BCUT2D eigenvalue weighted by molar-refractivity contribution is -0.107. The molecule has 0 N–H and O–H groups in total. The van der Waals surface area contributed by atoms with E-state index in [0.29, 0.717) is 24.3 Å². The number of hydrogen-bond acceptors (Lipinski definition) is 6. The molecular formula is C34H52N2O3S. The van der Waals surface area contributed by atoms with E-state index in [2.05, 4.69) is 36.8 Å². The van der Waals surface area contributed by atoms with E-state index in [0.717, 1.165) is 60.2 Å². The molecule has 1 aliphatic carbocycles. The van der Waals surface area contributed by atoms with Crippen molar-refractivity contribution in [1.82, 2.24) is 9.97 Å². The monoisotopic (exact) mass is 568 g/mol. The van der Waals surface area contributed by atoms with Crippen LogP contribution < -0.4 is 0 Å². The number of nitrogens with zero attached hydrogens (tertiary/aromatic N) is 2. The Labute approximate surface area is 247 Å². The van der Waals surface area contributed by atoms with Crippen LogP contribution in [-0.2, 0) is 17.6 Å². The second-order valence-corrected chi connectivity index (χ2v) is 11.0. The SMILES string of the molecule is CC.CC(C)C.CCCC(=O)c1ccccc1.CCCC(=O)c1nc2cc3c(nc2s1)CCCC3.CCCC=O. The van der Waals surface area contributed by atoms with Crippen LogP contribution in [-0.4, -0.2) is 27.8 Å². The minimum absolute atomic E-state index is 0.151. The third kappa shape index (κ3) is 15.2. The zero-order valence-corrected chi connectivity index (χ0v) is 27.0. The van der Waals surface area contributed by atoms with Crippen LogP contribution in [0.25, 0.3) is 10.3 Å². The number of rotatable bonds is 8. The Morgan fingerprint density at radius 1 is 0.875 bits per heavy atom. The van der Waals surface area contributed by atoms with Crippen molar-refractivity contribution < 1.29 is 14.4 Å². The lowest BCUT2D eigenvalue weighted by Gasteiger charge is -2.13. The standard InChI is InChI=1S/C14H16N2OS.C10H12O.C4H8O.C4H10.C2H6/c1-2-5-12(17)14-16-11-8-9-6-3-4-7-10(9)15-13(11)18-14;1-2-6-10(11)9-7-4-3-5-8-9;1-2-3-4-5;1-4(2)3;1-2/h8H,2-7H2,1H3;3-5,7-8H,2,6H2,1H3;4H,2-3H2,1H3;4H,1-3H3;1-2H3. The van der Waals surface area contributed by atoms with Gasteiger partial charge in [-0.1, -0.05) is 97.1 Å². The summed E-state index contributed by atoms with van der Waals surface area (Å²) in [6.45, 7) is 16.5. The molecule has 222 valence electrons. The van der Waals surface area contributed by atoms with E-state index >= 15 is 0 Å². The molecule has 3 aromatic rings. The maximum absolute atomic E-state index is 11.9. The van der Waals surface area contributed by atoms with Crippen molar-refractivity contribution in [2.24, 2.45) is 5.92 Å². The largest absolute Gasteiger partial charge is 0.303 e. The van der Waals surface area contributed by atoms with Crippen molar-refractivity contribution in [2.45, 2.75) is 120 Å². The average molecular weight is 569 g/mol. The molecule has 4 rings (SSSR count). The van der Waals surface area contributed by atoms with Crippen LogP contribution in [0.3, 0.4) is 0 Å². The molecule has 0 bridgehead atoms. The molecule has 0 fully saturated rings. The third-order valence-electron chi connectivity index (χ3n) is 5.36. The summed E-state index contributed by atoms with van der Waals surface area (Å²) in [5, 5.41) is 0.627. The lowest BCUT2D eigenvalue weighted by atomic mass is 9.96. The van der Waals surface area contributed by atoms with Crippen molar-refractivity contribution in [3.63, 3.8) is 0 Å². The molecule has 0 atom stereocenters. The van der Waals surface area contributed by atoms with Crippen LogP contribution in [0.15, 0.2) is 36.4 Å². The Bertz CT molecular complexity index is 1060. The molecule has 0 saturated heterocycles. The second-order valence-electron chi connectivity index (χ2n) is 10.0. The van der Waals surface area contributed by atoms with Crippen LogP contribution in [0.2, 0.25) is 0 Å². The van der Waals surface area contributed by atoms with Crippen molar-refractivity contribution in [3.8, 4) is 0 Å². The van der Waals surface area contributed by atoms with Gasteiger partial charge in [-0.2, -0.15) is 0 Å². The van der Waals surface area contributed by atoms with Gasteiger partial charge in [-0.15, -0.1) is 0 Å². The summed E-state index contributed by atoms with van der Waals surface area (Å²) < 4.78 is 0. The van der Waals surface area contributed by atoms with Crippen LogP contribution in [0.5, 0.6) is 0 Å². The highest BCUT2D eigenvalue weighted by atomic mass is 32.1. The highest BCUT2D eigenvalue weighted by Gasteiger charge is 2.16. The summed E-state index contributed by atoms with van der Waals surface area (Å²) in [6.07, 6.45) is 10.3. The molecule has 5 nitrogen and oxygen atoms in total. The number of unbranched alkanes of at least 4 members (excludes halogenated alkanes) is 1. The summed E-state index contributed by atoms with van der Waals surface area (Å²) >= 11 is 1.45. The Balaban J connectivity index is 0.000000590. The molecule has 6 heteroatoms. The quantitative estimate of drug-likeness (QED) is 0.200. The van der Waals surface area contributed by atoms with Gasteiger partial charge in [0.15, 0.2) is 16.6 Å². The zero-order chi connectivity index (χ0) is 30.3. The normalized spacial score (nSPS) is 11.2. The van der Waals surface area contributed by atoms with Gasteiger partial charge in [0.2, 0.25) is 0 Å². The van der Waals surface area contributed by atoms with Crippen LogP contribution >= 0.6 is 11.3 Å². The maximum Gasteiger partial charge on any atom is 0.191 e. The molecule has 0 saturated carbocycles. The number of thiazole rings is 1. The third-order valence-corrected chi connectivity index (χ3v) is 6.36. The van der Waals surface area contributed by atoms with E-state index in [1.807, 2.05) is 65.0 Å². The highest BCUT2D eigenvalue weighted by molar-refractivity contribution is 7.19. The van der Waals surface area contributed by atoms with Gasteiger partial charge in [0.1, 0.15) is 16.6 Å². The average Bonchev–Trinajstić information content (AvgIpc) is 3.37. The lowest BCUT2D eigenvalue weighted by Crippen LogP contribution is -2.04. The molecule has 2 aromatic heterocycles. The van der Waals surface area contributed by atoms with Crippen LogP contribution in [0, 0.1) is 5.92 Å². The number of aryl methyl sites for hydroxylation is 2. The summed E-state index contributed by atoms with van der Waals surface area (Å²) in [5.41, 5.74) is 4.27. The first-order valence-electron chi connectivity index (χ1n) is 15.1. The van der Waals surface area contributed by atoms with Gasteiger partial charge in [-0.25, -0.2) is 9.97 Å². The second kappa shape index (κ2) is 23.0. The molecule has 0 radical (unpaired) electrons. The molecule has 1 aromatic carbocycles. The van der Waals surface area contributed by atoms with E-state index < -0.39 is 0 Å². The number of carbonyl (C=O) groups is 3. The Hall–Kier alpha value is -2.73. The molecule has 0 aliphatic heterocycles. The number of fused-ring (bicyclic) bond motifs is 2. The fraction of sp³-hybridized carbons (Fsp3) is 0.559. The van der Waals surface area contributed by atoms with Crippen molar-refractivity contribution in [3.05, 3.63) is 58.2 Å². The van der Waals surface area contributed by atoms with E-state index in [4.69, 9.17) is 0 Å². The number of aromatic nitrogens is 2. The summed E-state index contributed by atoms with van der Waals surface area (Å²) in [7, 11) is 0. The van der Waals surface area contributed by atoms with E-state index in [-0.39, 0.29) is 11.6 Å². The van der Waals surface area contributed by atoms with Gasteiger partial charge in [0, 0.05) is 30.5 Å². The number of hydrogen-bond donors (Lipinski definition) is 0. The first-order valence-corrected chi connectivity index (χ1v) is 15.9. The summed E-state index contributed by atoms with van der Waals surface area (Å²) in [4.78, 5) is 42.6. The van der Waals surface area contributed by atoms with Gasteiger partial charge in [0.25, 0.3) is 0 Å². The summed E-state index contributed by atoms with van der Waals surface area (Å²) in [5.74, 6) is 1.23. The Morgan fingerprint density at radius 2 is 1.45 bits per heavy atom. The fourth-order valence-corrected chi connectivity index (χ4v) is 4.46. The van der Waals surface area contributed by atoms with Crippen LogP contribution in [0.1, 0.15) is 138 Å². The van der Waals surface area contributed by atoms with Gasteiger partial charge in [0.05, 0.1) is 0 Å². The minimum atomic E-state index is 0.151. The Morgan fingerprint density at radius 3 is 1.98 bits per heavy atom. The first-order chi connectivity index (χ1) is 19.3. The predicted molar refractivity (Wildman–Crippen MR) is 172 cm³/mol. The van der Waals surface area contributed by atoms with Gasteiger partial charge in [-0.05, 0) is 62.5 Å². The van der Waals surface area contributed by atoms with Gasteiger partial charge in [-0.3, -0.25) is 9.59 Å². The maximum atomic E-state index is 11.9. The smallest absolute Gasteiger partial charge is 0.191 e. The number of aldehydes is 1. The molecule has 2 heterocycles. The van der Waals surface area contributed by atoms with Gasteiger partial charge >= 0.3 is 0 Å². The molecule has 0 amide bonds. The molecule has 1 aliphatic rings. The fourth-order valence-electron chi connectivity index (χ4n) is 3.55. The van der Waals surface area contributed by atoms with E-state index in [1.54, 1.807) is 0 Å². The molecular weight excluding hydrogens is 516 g/mol. The van der Waals surface area contributed by atoms with Crippen molar-refractivity contribution in [2.75, 3.05) is 0 Å². The number of pyridine rings is 1. The number of ketones is 2. The Kier molecular flexibility index (Phi) is 21.5. The number of carbonyl (C=O) groups excluding carboxylic acids is 3. The minimum Gasteiger partial charge on any atom is -0.303 e. The van der Waals surface area contributed by atoms with Gasteiger partial charge < -0.3 is 4.79 Å². The van der Waals surface area contributed by atoms with E-state index in [9.17, 15) is 14.4 Å². The van der Waals surface area contributed by atoms with E-state index in [1.165, 1.54) is 35.4 Å². The molecule has 0 spiro atoms. The van der Waals surface area contributed by atoms with Crippen molar-refractivity contribution >= 4 is 39.5 Å². The first kappa shape index (κ1) is 37.3. The number of Topliss-reactive ketones (excluding diaryl/α,β-unsaturated/α-hetero) is 2. The molecule has 0 unspecified atom stereocenters. The topological polar surface area (TPSA) is 77.0 Å². The molecule has 40 heavy (non-hydrogen) atoms. The highest BCUT2D eigenvalue weighted by Crippen LogP contribution is 2.27.